The van der Waals surface area contributed by atoms with Crippen molar-refractivity contribution in [1.29, 1.82) is 0 Å². The van der Waals surface area contributed by atoms with Crippen molar-refractivity contribution in [2.45, 2.75) is 6.42 Å². The van der Waals surface area contributed by atoms with Gasteiger partial charge < -0.3 is 10.6 Å². The van der Waals surface area contributed by atoms with Gasteiger partial charge in [0.05, 0.1) is 0 Å². The molecule has 1 aliphatic rings. The van der Waals surface area contributed by atoms with Crippen LogP contribution in [0.15, 0.2) is 46.9 Å². The van der Waals surface area contributed by atoms with E-state index in [1.165, 1.54) is 11.1 Å². The summed E-state index contributed by atoms with van der Waals surface area (Å²) in [6.07, 6.45) is 5.32. The third kappa shape index (κ3) is 5.18. The van der Waals surface area contributed by atoms with Crippen LogP contribution in [0.25, 0.3) is 12.2 Å². The molecule has 1 fully saturated rings. The molecule has 3 rings (SSSR count). The summed E-state index contributed by atoms with van der Waals surface area (Å²) in [6, 6.07) is 14.6. The summed E-state index contributed by atoms with van der Waals surface area (Å²) >= 11 is 9.54. The first-order valence-electron chi connectivity index (χ1n) is 8.34. The predicted molar refractivity (Wildman–Crippen MR) is 107 cm³/mol. The fourth-order valence-corrected chi connectivity index (χ4v) is 3.52. The van der Waals surface area contributed by atoms with Crippen molar-refractivity contribution in [2.75, 3.05) is 26.2 Å². The van der Waals surface area contributed by atoms with E-state index in [0.717, 1.165) is 53.6 Å². The largest absolute Gasteiger partial charge is 0.316 e. The van der Waals surface area contributed by atoms with Crippen LogP contribution in [0.4, 0.5) is 0 Å². The molecule has 1 heterocycles. The monoisotopic (exact) mass is 404 g/mol. The van der Waals surface area contributed by atoms with Crippen molar-refractivity contribution in [1.82, 2.24) is 10.6 Å². The zero-order valence-electron chi connectivity index (χ0n) is 13.6. The van der Waals surface area contributed by atoms with E-state index in [-0.39, 0.29) is 0 Å². The molecule has 4 heteroatoms. The highest BCUT2D eigenvalue weighted by molar-refractivity contribution is 9.10. The Balaban J connectivity index is 1.54. The number of benzene rings is 2. The first-order valence-corrected chi connectivity index (χ1v) is 9.51. The van der Waals surface area contributed by atoms with E-state index in [1.54, 1.807) is 0 Å². The normalized spacial score (nSPS) is 14.9. The number of halogens is 2. The fraction of sp³-hybridized carbons (Fsp3) is 0.300. The van der Waals surface area contributed by atoms with Crippen LogP contribution in [-0.2, 0) is 6.42 Å². The van der Waals surface area contributed by atoms with Gasteiger partial charge in [0.25, 0.3) is 0 Å². The van der Waals surface area contributed by atoms with Crippen LogP contribution in [0.1, 0.15) is 16.7 Å². The minimum atomic E-state index is 0.742. The molecule has 1 saturated heterocycles. The Morgan fingerprint density at radius 3 is 2.79 bits per heavy atom. The Morgan fingerprint density at radius 2 is 2.04 bits per heavy atom. The Bertz CT molecular complexity index is 711. The van der Waals surface area contributed by atoms with Crippen molar-refractivity contribution < 1.29 is 0 Å². The molecule has 2 aromatic rings. The lowest BCUT2D eigenvalue weighted by molar-refractivity contribution is 0.333. The summed E-state index contributed by atoms with van der Waals surface area (Å²) in [5, 5.41) is 7.59. The highest BCUT2D eigenvalue weighted by Crippen LogP contribution is 2.23. The smallest absolute Gasteiger partial charge is 0.0417 e. The van der Waals surface area contributed by atoms with Gasteiger partial charge in [0.1, 0.15) is 0 Å². The number of hydrogen-bond acceptors (Lipinski definition) is 2. The van der Waals surface area contributed by atoms with Crippen molar-refractivity contribution in [3.05, 3.63) is 68.7 Å². The molecule has 2 nitrogen and oxygen atoms in total. The highest BCUT2D eigenvalue weighted by Gasteiger charge is 2.15. The molecule has 0 aromatic heterocycles. The van der Waals surface area contributed by atoms with Crippen LogP contribution in [0, 0.1) is 5.92 Å². The summed E-state index contributed by atoms with van der Waals surface area (Å²) < 4.78 is 1.01. The lowest BCUT2D eigenvalue weighted by atomic mass is 10.0. The average Bonchev–Trinajstić information content (AvgIpc) is 2.52. The van der Waals surface area contributed by atoms with Gasteiger partial charge in [-0.2, -0.15) is 0 Å². The summed E-state index contributed by atoms with van der Waals surface area (Å²) in [4.78, 5) is 0. The second-order valence-electron chi connectivity index (χ2n) is 6.22. The lowest BCUT2D eigenvalue weighted by Crippen LogP contribution is -2.47. The molecular formula is C20H22BrClN2. The van der Waals surface area contributed by atoms with Crippen LogP contribution in [0.5, 0.6) is 0 Å². The highest BCUT2D eigenvalue weighted by atomic mass is 79.9. The maximum absolute atomic E-state index is 5.98. The van der Waals surface area contributed by atoms with E-state index in [2.05, 4.69) is 63.0 Å². The number of nitrogens with one attached hydrogen (secondary N) is 2. The van der Waals surface area contributed by atoms with E-state index < -0.39 is 0 Å². The van der Waals surface area contributed by atoms with Crippen LogP contribution >= 0.6 is 27.5 Å². The molecular weight excluding hydrogens is 384 g/mol. The number of rotatable bonds is 7. The molecule has 2 N–H and O–H groups in total. The standard InChI is InChI=1S/C20H22BrClN2/c21-20-11-19(22)7-6-18(20)5-4-15-2-1-3-16(10-15)8-9-23-12-17-13-24-14-17/h1-7,10-11,17,23-24H,8-9,12-14H2. The third-order valence-corrected chi connectivity index (χ3v) is 5.18. The van der Waals surface area contributed by atoms with Gasteiger partial charge in [-0.25, -0.2) is 0 Å². The quantitative estimate of drug-likeness (QED) is 0.518. The van der Waals surface area contributed by atoms with Crippen LogP contribution in [0.2, 0.25) is 5.02 Å². The first-order chi connectivity index (χ1) is 11.7. The average molecular weight is 406 g/mol. The van der Waals surface area contributed by atoms with Gasteiger partial charge >= 0.3 is 0 Å². The third-order valence-electron chi connectivity index (χ3n) is 4.26. The maximum Gasteiger partial charge on any atom is 0.0417 e. The van der Waals surface area contributed by atoms with E-state index in [0.29, 0.717) is 0 Å². The van der Waals surface area contributed by atoms with Crippen LogP contribution < -0.4 is 10.6 Å². The first kappa shape index (κ1) is 17.7. The van der Waals surface area contributed by atoms with E-state index in [1.807, 2.05) is 18.2 Å². The Morgan fingerprint density at radius 1 is 1.17 bits per heavy atom. The summed E-state index contributed by atoms with van der Waals surface area (Å²) in [6.45, 7) is 4.48. The van der Waals surface area contributed by atoms with Crippen LogP contribution in [-0.4, -0.2) is 26.2 Å². The van der Waals surface area contributed by atoms with E-state index >= 15 is 0 Å². The molecule has 0 amide bonds. The summed E-state index contributed by atoms with van der Waals surface area (Å²) in [5.74, 6) is 0.817. The van der Waals surface area contributed by atoms with Gasteiger partial charge in [-0.3, -0.25) is 0 Å². The fourth-order valence-electron chi connectivity index (χ4n) is 2.71. The van der Waals surface area contributed by atoms with Crippen molar-refractivity contribution in [3.8, 4) is 0 Å². The molecule has 126 valence electrons. The second kappa shape index (κ2) is 8.82. The van der Waals surface area contributed by atoms with Crippen LogP contribution in [0.3, 0.4) is 0 Å². The maximum atomic E-state index is 5.98. The zero-order valence-corrected chi connectivity index (χ0v) is 15.9. The second-order valence-corrected chi connectivity index (χ2v) is 7.51. The molecule has 0 radical (unpaired) electrons. The lowest BCUT2D eigenvalue weighted by Gasteiger charge is -2.27. The molecule has 0 bridgehead atoms. The molecule has 0 saturated carbocycles. The minimum Gasteiger partial charge on any atom is -0.316 e. The summed E-state index contributed by atoms with van der Waals surface area (Å²) in [7, 11) is 0. The molecule has 0 atom stereocenters. The topological polar surface area (TPSA) is 24.1 Å². The number of hydrogen-bond donors (Lipinski definition) is 2. The predicted octanol–water partition coefficient (Wildman–Crippen LogP) is 4.62. The van der Waals surface area contributed by atoms with Gasteiger partial charge in [-0.15, -0.1) is 0 Å². The zero-order chi connectivity index (χ0) is 16.8. The molecule has 0 spiro atoms. The van der Waals surface area contributed by atoms with Gasteiger partial charge in [-0.05, 0) is 47.7 Å². The van der Waals surface area contributed by atoms with Crippen molar-refractivity contribution in [3.63, 3.8) is 0 Å². The Kier molecular flexibility index (Phi) is 6.50. The van der Waals surface area contributed by atoms with Gasteiger partial charge in [-0.1, -0.05) is 70.0 Å². The van der Waals surface area contributed by atoms with Gasteiger partial charge in [0.15, 0.2) is 0 Å². The molecule has 24 heavy (non-hydrogen) atoms. The van der Waals surface area contributed by atoms with Gasteiger partial charge in [0, 0.05) is 29.1 Å². The molecule has 2 aromatic carbocycles. The Labute approximate surface area is 157 Å². The van der Waals surface area contributed by atoms with Gasteiger partial charge in [0.2, 0.25) is 0 Å². The minimum absolute atomic E-state index is 0.742. The SMILES string of the molecule is Clc1ccc(C=Cc2cccc(CCNCC3CNC3)c2)c(Br)c1. The summed E-state index contributed by atoms with van der Waals surface area (Å²) in [5.41, 5.74) is 3.71. The Hall–Kier alpha value is -1.13. The molecule has 0 unspecified atom stereocenters. The van der Waals surface area contributed by atoms with E-state index in [9.17, 15) is 0 Å². The van der Waals surface area contributed by atoms with E-state index in [4.69, 9.17) is 11.6 Å². The van der Waals surface area contributed by atoms with Crippen molar-refractivity contribution >= 4 is 39.7 Å². The molecule has 1 aliphatic heterocycles. The molecule has 0 aliphatic carbocycles. The van der Waals surface area contributed by atoms with Crippen molar-refractivity contribution in [2.24, 2.45) is 5.92 Å².